The van der Waals surface area contributed by atoms with Gasteiger partial charge in [-0.1, -0.05) is 89.9 Å². The lowest BCUT2D eigenvalue weighted by molar-refractivity contribution is 0.243. The van der Waals surface area contributed by atoms with Crippen molar-refractivity contribution in [1.82, 2.24) is 4.90 Å². The van der Waals surface area contributed by atoms with E-state index in [1.165, 1.54) is 16.7 Å². The minimum Gasteiger partial charge on any atom is -0.290 e. The normalized spacial score (nSPS) is 23.1. The van der Waals surface area contributed by atoms with Crippen LogP contribution < -0.4 is 0 Å². The largest absolute Gasteiger partial charge is 0.290 e. The molecular formula is C20H21Cl2N. The van der Waals surface area contributed by atoms with E-state index in [0.29, 0.717) is 0 Å². The second kappa shape index (κ2) is 6.32. The second-order valence-corrected chi connectivity index (χ2v) is 7.81. The maximum absolute atomic E-state index is 6.57. The average molecular weight is 346 g/mol. The highest BCUT2D eigenvalue weighted by atomic mass is 35.5. The molecule has 2 aromatic carbocycles. The van der Waals surface area contributed by atoms with Gasteiger partial charge in [-0.05, 0) is 30.7 Å². The minimum atomic E-state index is -0.730. The summed E-state index contributed by atoms with van der Waals surface area (Å²) in [5.41, 5.74) is 3.33. The molecule has 0 saturated heterocycles. The molecule has 0 radical (unpaired) electrons. The van der Waals surface area contributed by atoms with E-state index in [9.17, 15) is 0 Å². The number of alkyl halides is 2. The van der Waals surface area contributed by atoms with Gasteiger partial charge in [0.25, 0.3) is 0 Å². The maximum atomic E-state index is 6.57. The van der Waals surface area contributed by atoms with E-state index in [0.717, 1.165) is 13.0 Å². The van der Waals surface area contributed by atoms with Crippen LogP contribution >= 0.6 is 23.2 Å². The Hall–Kier alpha value is -1.28. The van der Waals surface area contributed by atoms with Gasteiger partial charge in [0.1, 0.15) is 4.33 Å². The third-order valence-electron chi connectivity index (χ3n) is 4.71. The molecule has 0 bridgehead atoms. The Morgan fingerprint density at radius 2 is 1.57 bits per heavy atom. The first-order chi connectivity index (χ1) is 11.0. The Labute approximate surface area is 148 Å². The van der Waals surface area contributed by atoms with Crippen molar-refractivity contribution in [3.05, 3.63) is 77.4 Å². The van der Waals surface area contributed by atoms with Gasteiger partial charge in [-0.25, -0.2) is 0 Å². The van der Waals surface area contributed by atoms with Crippen LogP contribution in [0, 0.1) is 0 Å². The maximum Gasteiger partial charge on any atom is 0.142 e. The SMILES string of the molecule is C/C(=C\c1ccccc1)C1(N(C)Cc2ccccc2)CC1(Cl)Cl. The lowest BCUT2D eigenvalue weighted by atomic mass is 10.0. The zero-order valence-electron chi connectivity index (χ0n) is 13.5. The van der Waals surface area contributed by atoms with E-state index in [1.54, 1.807) is 0 Å². The molecular weight excluding hydrogens is 325 g/mol. The lowest BCUT2D eigenvalue weighted by Crippen LogP contribution is -2.39. The van der Waals surface area contributed by atoms with Crippen LogP contribution in [0.25, 0.3) is 6.08 Å². The van der Waals surface area contributed by atoms with Crippen molar-refractivity contribution in [1.29, 1.82) is 0 Å². The molecule has 2 aromatic rings. The molecule has 0 aliphatic heterocycles. The molecule has 3 rings (SSSR count). The van der Waals surface area contributed by atoms with Gasteiger partial charge in [-0.3, -0.25) is 4.90 Å². The molecule has 120 valence electrons. The summed E-state index contributed by atoms with van der Waals surface area (Å²) in [6, 6.07) is 20.7. The second-order valence-electron chi connectivity index (χ2n) is 6.32. The van der Waals surface area contributed by atoms with Gasteiger partial charge >= 0.3 is 0 Å². The van der Waals surface area contributed by atoms with Crippen molar-refractivity contribution in [2.75, 3.05) is 7.05 Å². The third kappa shape index (κ3) is 3.19. The molecule has 23 heavy (non-hydrogen) atoms. The molecule has 0 amide bonds. The fourth-order valence-corrected chi connectivity index (χ4v) is 4.30. The Balaban J connectivity index is 1.87. The monoisotopic (exact) mass is 345 g/mol. The summed E-state index contributed by atoms with van der Waals surface area (Å²) in [5, 5.41) is 0. The molecule has 1 fully saturated rings. The quantitative estimate of drug-likeness (QED) is 0.643. The van der Waals surface area contributed by atoms with Crippen molar-refractivity contribution < 1.29 is 0 Å². The van der Waals surface area contributed by atoms with Gasteiger partial charge in [0.2, 0.25) is 0 Å². The predicted molar refractivity (Wildman–Crippen MR) is 99.8 cm³/mol. The zero-order valence-corrected chi connectivity index (χ0v) is 15.0. The van der Waals surface area contributed by atoms with Gasteiger partial charge in [-0.2, -0.15) is 0 Å². The van der Waals surface area contributed by atoms with E-state index in [4.69, 9.17) is 23.2 Å². The van der Waals surface area contributed by atoms with Crippen LogP contribution in [0.15, 0.2) is 66.2 Å². The van der Waals surface area contributed by atoms with Crippen LogP contribution in [0.5, 0.6) is 0 Å². The molecule has 0 N–H and O–H groups in total. The fraction of sp³-hybridized carbons (Fsp3) is 0.300. The Kier molecular flexibility index (Phi) is 4.55. The van der Waals surface area contributed by atoms with Crippen LogP contribution in [0.2, 0.25) is 0 Å². The molecule has 3 heteroatoms. The topological polar surface area (TPSA) is 3.24 Å². The van der Waals surface area contributed by atoms with E-state index in [-0.39, 0.29) is 5.54 Å². The predicted octanol–water partition coefficient (Wildman–Crippen LogP) is 5.54. The molecule has 1 saturated carbocycles. The molecule has 1 aliphatic carbocycles. The summed E-state index contributed by atoms with van der Waals surface area (Å²) in [5.74, 6) is 0. The van der Waals surface area contributed by atoms with E-state index >= 15 is 0 Å². The summed E-state index contributed by atoms with van der Waals surface area (Å²) in [4.78, 5) is 2.27. The van der Waals surface area contributed by atoms with Crippen LogP contribution in [0.3, 0.4) is 0 Å². The molecule has 1 atom stereocenters. The molecule has 0 spiro atoms. The summed E-state index contributed by atoms with van der Waals surface area (Å²) in [7, 11) is 2.10. The van der Waals surface area contributed by atoms with Gasteiger partial charge in [0, 0.05) is 13.0 Å². The van der Waals surface area contributed by atoms with Crippen molar-refractivity contribution in [2.45, 2.75) is 29.8 Å². The summed E-state index contributed by atoms with van der Waals surface area (Å²) >= 11 is 13.1. The number of halogens is 2. The highest BCUT2D eigenvalue weighted by molar-refractivity contribution is 6.52. The summed E-state index contributed by atoms with van der Waals surface area (Å²) in [6.07, 6.45) is 2.94. The number of hydrogen-bond acceptors (Lipinski definition) is 1. The number of benzene rings is 2. The van der Waals surface area contributed by atoms with Gasteiger partial charge in [0.15, 0.2) is 0 Å². The molecule has 1 aliphatic rings. The summed E-state index contributed by atoms with van der Waals surface area (Å²) < 4.78 is -0.730. The Morgan fingerprint density at radius 1 is 1.04 bits per heavy atom. The van der Waals surface area contributed by atoms with E-state index in [2.05, 4.69) is 61.3 Å². The van der Waals surface area contributed by atoms with Crippen LogP contribution in [-0.2, 0) is 6.54 Å². The Morgan fingerprint density at radius 3 is 2.09 bits per heavy atom. The van der Waals surface area contributed by atoms with Gasteiger partial charge in [-0.15, -0.1) is 0 Å². The number of hydrogen-bond donors (Lipinski definition) is 0. The van der Waals surface area contributed by atoms with Crippen LogP contribution in [0.4, 0.5) is 0 Å². The highest BCUT2D eigenvalue weighted by Gasteiger charge is 2.69. The van der Waals surface area contributed by atoms with Gasteiger partial charge in [0.05, 0.1) is 5.54 Å². The number of nitrogens with zero attached hydrogens (tertiary/aromatic N) is 1. The number of rotatable bonds is 5. The van der Waals surface area contributed by atoms with Crippen molar-refractivity contribution in [3.63, 3.8) is 0 Å². The standard InChI is InChI=1S/C20H21Cl2N/c1-16(13-17-9-5-3-6-10-17)19(15-20(19,21)22)23(2)14-18-11-7-4-8-12-18/h3-13H,14-15H2,1-2H3/b16-13+. The molecule has 1 nitrogen and oxygen atoms in total. The lowest BCUT2D eigenvalue weighted by Gasteiger charge is -2.31. The fourth-order valence-electron chi connectivity index (χ4n) is 3.33. The van der Waals surface area contributed by atoms with E-state index in [1.807, 2.05) is 24.3 Å². The number of likely N-dealkylation sites (N-methyl/N-ethyl adjacent to an activating group) is 1. The summed E-state index contributed by atoms with van der Waals surface area (Å²) in [6.45, 7) is 2.95. The Bertz CT molecular complexity index is 694. The average Bonchev–Trinajstić information content (AvgIpc) is 3.14. The molecule has 1 unspecified atom stereocenters. The highest BCUT2D eigenvalue weighted by Crippen LogP contribution is 2.64. The first kappa shape index (κ1) is 16.6. The molecule has 0 heterocycles. The van der Waals surface area contributed by atoms with Crippen LogP contribution in [-0.4, -0.2) is 21.8 Å². The minimum absolute atomic E-state index is 0.304. The van der Waals surface area contributed by atoms with Crippen molar-refractivity contribution >= 4 is 29.3 Å². The zero-order chi connectivity index (χ0) is 16.5. The van der Waals surface area contributed by atoms with Gasteiger partial charge < -0.3 is 0 Å². The molecule has 0 aromatic heterocycles. The van der Waals surface area contributed by atoms with E-state index < -0.39 is 4.33 Å². The smallest absolute Gasteiger partial charge is 0.142 e. The first-order valence-corrected chi connectivity index (χ1v) is 8.58. The van der Waals surface area contributed by atoms with Crippen molar-refractivity contribution in [2.24, 2.45) is 0 Å². The van der Waals surface area contributed by atoms with Crippen LogP contribution in [0.1, 0.15) is 24.5 Å². The van der Waals surface area contributed by atoms with Crippen molar-refractivity contribution in [3.8, 4) is 0 Å². The third-order valence-corrected chi connectivity index (χ3v) is 5.60. The first-order valence-electron chi connectivity index (χ1n) is 7.82.